The molecular weight excluding hydrogens is 595 g/mol. The van der Waals surface area contributed by atoms with Gasteiger partial charge in [0, 0.05) is 18.7 Å². The van der Waals surface area contributed by atoms with Gasteiger partial charge < -0.3 is 4.90 Å². The molecule has 2 aliphatic rings. The lowest BCUT2D eigenvalue weighted by atomic mass is 9.94. The third kappa shape index (κ3) is 4.85. The van der Waals surface area contributed by atoms with Crippen LogP contribution in [0.4, 0.5) is 5.69 Å². The van der Waals surface area contributed by atoms with Gasteiger partial charge in [-0.1, -0.05) is 77.8 Å². The summed E-state index contributed by atoms with van der Waals surface area (Å²) in [7, 11) is -2.75. The van der Waals surface area contributed by atoms with Gasteiger partial charge in [0.05, 0.1) is 27.5 Å². The zero-order valence-electron chi connectivity index (χ0n) is 22.9. The third-order valence-corrected chi connectivity index (χ3v) is 10.4. The van der Waals surface area contributed by atoms with Crippen LogP contribution in [0.25, 0.3) is 11.3 Å². The molecule has 1 amide bonds. The van der Waals surface area contributed by atoms with Gasteiger partial charge in [0.1, 0.15) is 10.6 Å². The van der Waals surface area contributed by atoms with Gasteiger partial charge in [-0.2, -0.15) is 0 Å². The van der Waals surface area contributed by atoms with Gasteiger partial charge in [0.2, 0.25) is 0 Å². The molecule has 3 aromatic carbocycles. The highest BCUT2D eigenvalue weighted by Gasteiger charge is 2.40. The maximum absolute atomic E-state index is 13.8. The van der Waals surface area contributed by atoms with E-state index in [1.165, 1.54) is 22.4 Å². The Labute approximate surface area is 253 Å². The van der Waals surface area contributed by atoms with Gasteiger partial charge in [0.15, 0.2) is 0 Å². The molecule has 42 heavy (non-hydrogen) atoms. The van der Waals surface area contributed by atoms with Crippen LogP contribution in [-0.4, -0.2) is 40.7 Å². The second kappa shape index (κ2) is 10.8. The molecule has 1 fully saturated rings. The number of hydrogen-bond donors (Lipinski definition) is 1. The van der Waals surface area contributed by atoms with Crippen molar-refractivity contribution in [3.8, 4) is 5.69 Å². The van der Waals surface area contributed by atoms with Crippen LogP contribution < -0.4 is 10.3 Å². The van der Waals surface area contributed by atoms with E-state index >= 15 is 0 Å². The number of para-hydroxylation sites is 1. The van der Waals surface area contributed by atoms with Crippen LogP contribution >= 0.6 is 23.2 Å². The van der Waals surface area contributed by atoms with E-state index in [0.717, 1.165) is 18.4 Å². The first-order valence-corrected chi connectivity index (χ1v) is 15.8. The number of halogens is 2. The fraction of sp³-hybridized carbons (Fsp3) is 0.226. The van der Waals surface area contributed by atoms with Crippen LogP contribution in [0.1, 0.15) is 40.9 Å². The molecule has 1 saturated heterocycles. The number of hydrogen-bond acceptors (Lipinski definition) is 4. The maximum Gasteiger partial charge on any atom is 0.296 e. The number of rotatable bonds is 6. The summed E-state index contributed by atoms with van der Waals surface area (Å²) in [6, 6.07) is 21.5. The van der Waals surface area contributed by atoms with Crippen LogP contribution in [-0.2, 0) is 17.1 Å². The largest absolute Gasteiger partial charge is 0.329 e. The van der Waals surface area contributed by atoms with Crippen molar-refractivity contribution >= 4 is 50.4 Å². The lowest BCUT2D eigenvalue weighted by molar-refractivity contribution is 0.0692. The van der Waals surface area contributed by atoms with Crippen molar-refractivity contribution in [1.82, 2.24) is 14.3 Å². The van der Waals surface area contributed by atoms with Crippen molar-refractivity contribution in [2.75, 3.05) is 4.72 Å². The minimum Gasteiger partial charge on any atom is -0.329 e. The molecule has 6 rings (SSSR count). The summed E-state index contributed by atoms with van der Waals surface area (Å²) in [6.07, 6.45) is 4.50. The Bertz CT molecular complexity index is 1900. The first-order chi connectivity index (χ1) is 20.1. The van der Waals surface area contributed by atoms with Crippen molar-refractivity contribution in [3.05, 3.63) is 116 Å². The van der Waals surface area contributed by atoms with E-state index in [-0.39, 0.29) is 44.2 Å². The number of carbonyl (C=O) groups is 1. The summed E-state index contributed by atoms with van der Waals surface area (Å²) >= 11 is 12.8. The Kier molecular flexibility index (Phi) is 7.29. The third-order valence-electron chi connectivity index (χ3n) is 8.10. The molecule has 4 aromatic rings. The highest BCUT2D eigenvalue weighted by atomic mass is 35.5. The lowest BCUT2D eigenvalue weighted by Crippen LogP contribution is -2.43. The standard InChI is InChI=1S/C31H28Cl2N4O4S/c1-19-29(31(39)37(35(19)2)23-11-7-4-8-12-23)34-42(40,41)27-18-22(17-26(32)28(27)33)30(38)36-24-13-14-25(36)16-21(15-24)20-9-5-3-6-10-20/h3-12,15,17-18,24-25,34H,13-14,16H2,1-2H3. The van der Waals surface area contributed by atoms with Crippen molar-refractivity contribution in [2.45, 2.75) is 43.2 Å². The van der Waals surface area contributed by atoms with Gasteiger partial charge >= 0.3 is 0 Å². The number of aromatic nitrogens is 2. The zero-order valence-corrected chi connectivity index (χ0v) is 25.2. The van der Waals surface area contributed by atoms with Crippen LogP contribution in [0.3, 0.4) is 0 Å². The van der Waals surface area contributed by atoms with Gasteiger partial charge in [-0.25, -0.2) is 13.1 Å². The van der Waals surface area contributed by atoms with Gasteiger partial charge in [-0.15, -0.1) is 0 Å². The van der Waals surface area contributed by atoms with Crippen molar-refractivity contribution in [3.63, 3.8) is 0 Å². The second-order valence-corrected chi connectivity index (χ2v) is 13.0. The second-order valence-electron chi connectivity index (χ2n) is 10.6. The molecule has 2 unspecified atom stereocenters. The fourth-order valence-corrected chi connectivity index (χ4v) is 7.85. The van der Waals surface area contributed by atoms with Crippen LogP contribution in [0.15, 0.2) is 88.6 Å². The Morgan fingerprint density at radius 2 is 1.64 bits per heavy atom. The van der Waals surface area contributed by atoms with E-state index in [0.29, 0.717) is 17.8 Å². The topological polar surface area (TPSA) is 93.4 Å². The predicted molar refractivity (Wildman–Crippen MR) is 165 cm³/mol. The SMILES string of the molecule is Cc1c(NS(=O)(=O)c2cc(C(=O)N3C4C=C(c5ccccc5)CC3CC4)cc(Cl)c2Cl)c(=O)n(-c2ccccc2)n1C. The monoisotopic (exact) mass is 622 g/mol. The fourth-order valence-electron chi connectivity index (χ4n) is 5.92. The summed E-state index contributed by atoms with van der Waals surface area (Å²) < 4.78 is 32.7. The smallest absolute Gasteiger partial charge is 0.296 e. The molecule has 1 aromatic heterocycles. The average molecular weight is 624 g/mol. The molecule has 2 bridgehead atoms. The molecule has 11 heteroatoms. The molecule has 1 N–H and O–H groups in total. The lowest BCUT2D eigenvalue weighted by Gasteiger charge is -2.34. The van der Waals surface area contributed by atoms with E-state index in [9.17, 15) is 18.0 Å². The number of carbonyl (C=O) groups excluding carboxylic acids is 1. The summed E-state index contributed by atoms with van der Waals surface area (Å²) in [6.45, 7) is 1.64. The molecule has 216 valence electrons. The first kappa shape index (κ1) is 28.3. The van der Waals surface area contributed by atoms with Crippen LogP contribution in [0.2, 0.25) is 10.0 Å². The molecule has 0 radical (unpaired) electrons. The number of benzene rings is 3. The molecule has 0 spiro atoms. The Hall–Kier alpha value is -3.79. The van der Waals surface area contributed by atoms with Gasteiger partial charge in [-0.05, 0) is 61.6 Å². The molecule has 3 heterocycles. The minimum atomic E-state index is -4.42. The summed E-state index contributed by atoms with van der Waals surface area (Å²) in [5.74, 6) is -0.316. The quantitative estimate of drug-likeness (QED) is 0.283. The van der Waals surface area contributed by atoms with Gasteiger partial charge in [-0.3, -0.25) is 19.0 Å². The molecule has 2 atom stereocenters. The van der Waals surface area contributed by atoms with E-state index in [4.69, 9.17) is 23.2 Å². The Balaban J connectivity index is 1.33. The van der Waals surface area contributed by atoms with E-state index in [1.807, 2.05) is 29.2 Å². The normalized spacial score (nSPS) is 18.2. The van der Waals surface area contributed by atoms with Crippen molar-refractivity contribution in [2.24, 2.45) is 7.05 Å². The van der Waals surface area contributed by atoms with E-state index in [1.54, 1.807) is 42.9 Å². The summed E-state index contributed by atoms with van der Waals surface area (Å²) in [4.78, 5) is 28.6. The van der Waals surface area contributed by atoms with Crippen molar-refractivity contribution < 1.29 is 13.2 Å². The number of sulfonamides is 1. The number of nitrogens with zero attached hydrogens (tertiary/aromatic N) is 3. The highest BCUT2D eigenvalue weighted by molar-refractivity contribution is 7.92. The Morgan fingerprint density at radius 3 is 2.31 bits per heavy atom. The van der Waals surface area contributed by atoms with Crippen molar-refractivity contribution in [1.29, 1.82) is 0 Å². The minimum absolute atomic E-state index is 0.0150. The predicted octanol–water partition coefficient (Wildman–Crippen LogP) is 6.05. The number of nitrogens with one attached hydrogen (secondary N) is 1. The first-order valence-electron chi connectivity index (χ1n) is 13.5. The molecule has 0 saturated carbocycles. The molecule has 0 aliphatic carbocycles. The zero-order chi connectivity index (χ0) is 29.8. The number of amides is 1. The molecular formula is C31H28Cl2N4O4S. The Morgan fingerprint density at radius 1 is 0.976 bits per heavy atom. The number of anilines is 1. The average Bonchev–Trinajstić information content (AvgIpc) is 3.36. The molecule has 8 nitrogen and oxygen atoms in total. The highest BCUT2D eigenvalue weighted by Crippen LogP contribution is 2.40. The van der Waals surface area contributed by atoms with Gasteiger partial charge in [0.25, 0.3) is 21.5 Å². The number of fused-ring (bicyclic) bond motifs is 2. The van der Waals surface area contributed by atoms with Crippen LogP contribution in [0, 0.1) is 6.92 Å². The summed E-state index contributed by atoms with van der Waals surface area (Å²) in [5, 5.41) is -0.301. The van der Waals surface area contributed by atoms with E-state index < -0.39 is 15.6 Å². The maximum atomic E-state index is 13.8. The molecule has 2 aliphatic heterocycles. The van der Waals surface area contributed by atoms with Crippen LogP contribution in [0.5, 0.6) is 0 Å². The summed E-state index contributed by atoms with van der Waals surface area (Å²) in [5.41, 5.74) is 2.75. The van der Waals surface area contributed by atoms with E-state index in [2.05, 4.69) is 22.9 Å².